The molecule has 1 heteroatoms. The van der Waals surface area contributed by atoms with Crippen LogP contribution in [-0.2, 0) is 0 Å². The summed E-state index contributed by atoms with van der Waals surface area (Å²) < 4.78 is 6.36. The second kappa shape index (κ2) is 9.97. The molecule has 1 heterocycles. The molecule has 1 aromatic heterocycles. The average molecular weight is 561 g/mol. The van der Waals surface area contributed by atoms with Gasteiger partial charge in [-0.25, -0.2) is 0 Å². The van der Waals surface area contributed by atoms with Crippen LogP contribution < -0.4 is 0 Å². The van der Waals surface area contributed by atoms with Crippen LogP contribution in [0.15, 0.2) is 168 Å². The minimum Gasteiger partial charge on any atom is -0.455 e. The second-order valence-electron chi connectivity index (χ2n) is 11.6. The standard InChI is InChI=1S/C43H28O/c1-2-4-14-29(13-3-1)41-33-17-6-8-19-35(33)42(36-20-9-7-18-34(36)41)30-25-23-28(24-26-30)38-27-39-32-16-11-12-22-40(32)44-43(39)37-21-10-5-15-31(37)38/h1-27,29H. The van der Waals surface area contributed by atoms with Gasteiger partial charge in [0.05, 0.1) is 0 Å². The van der Waals surface area contributed by atoms with Gasteiger partial charge in [0.25, 0.3) is 0 Å². The smallest absolute Gasteiger partial charge is 0.143 e. The first-order valence-electron chi connectivity index (χ1n) is 15.2. The largest absolute Gasteiger partial charge is 0.455 e. The van der Waals surface area contributed by atoms with Crippen molar-refractivity contribution in [3.8, 4) is 22.3 Å². The van der Waals surface area contributed by atoms with Crippen molar-refractivity contribution in [2.45, 2.75) is 5.92 Å². The van der Waals surface area contributed by atoms with Crippen LogP contribution in [0.4, 0.5) is 0 Å². The molecule has 0 aliphatic heterocycles. The van der Waals surface area contributed by atoms with E-state index < -0.39 is 0 Å². The van der Waals surface area contributed by atoms with Gasteiger partial charge in [-0.1, -0.05) is 152 Å². The van der Waals surface area contributed by atoms with E-state index in [2.05, 4.69) is 158 Å². The van der Waals surface area contributed by atoms with Crippen LogP contribution in [0.2, 0.25) is 0 Å². The summed E-state index contributed by atoms with van der Waals surface area (Å²) in [6, 6.07) is 46.2. The third-order valence-electron chi connectivity index (χ3n) is 9.15. The topological polar surface area (TPSA) is 13.1 Å². The number of benzene rings is 7. The van der Waals surface area contributed by atoms with Gasteiger partial charge < -0.3 is 4.42 Å². The Kier molecular flexibility index (Phi) is 5.64. The molecule has 1 aliphatic rings. The van der Waals surface area contributed by atoms with Gasteiger partial charge in [0, 0.05) is 22.1 Å². The predicted octanol–water partition coefficient (Wildman–Crippen LogP) is 12.1. The van der Waals surface area contributed by atoms with Crippen LogP contribution in [0, 0.1) is 0 Å². The first kappa shape index (κ1) is 24.9. The average Bonchev–Trinajstić information content (AvgIpc) is 3.25. The first-order valence-corrected chi connectivity index (χ1v) is 15.2. The van der Waals surface area contributed by atoms with E-state index in [1.54, 1.807) is 0 Å². The lowest BCUT2D eigenvalue weighted by molar-refractivity contribution is 0.672. The maximum absolute atomic E-state index is 6.36. The van der Waals surface area contributed by atoms with Gasteiger partial charge in [-0.05, 0) is 66.9 Å². The summed E-state index contributed by atoms with van der Waals surface area (Å²) in [4.78, 5) is 0. The van der Waals surface area contributed by atoms with Crippen molar-refractivity contribution in [3.05, 3.63) is 169 Å². The number of allylic oxidation sites excluding steroid dienone is 6. The van der Waals surface area contributed by atoms with E-state index in [9.17, 15) is 0 Å². The first-order chi connectivity index (χ1) is 21.8. The highest BCUT2D eigenvalue weighted by atomic mass is 16.3. The predicted molar refractivity (Wildman–Crippen MR) is 187 cm³/mol. The molecular weight excluding hydrogens is 532 g/mol. The molecule has 0 amide bonds. The van der Waals surface area contributed by atoms with Crippen LogP contribution in [0.25, 0.3) is 76.5 Å². The van der Waals surface area contributed by atoms with Crippen molar-refractivity contribution >= 4 is 54.3 Å². The van der Waals surface area contributed by atoms with Gasteiger partial charge in [-0.3, -0.25) is 0 Å². The molecule has 1 nitrogen and oxygen atoms in total. The normalized spacial score (nSPS) is 13.5. The fourth-order valence-corrected chi connectivity index (χ4v) is 7.19. The fraction of sp³-hybridized carbons (Fsp3) is 0.0233. The molecular formula is C43H28O. The number of rotatable bonds is 3. The van der Waals surface area contributed by atoms with E-state index in [0.29, 0.717) is 0 Å². The second-order valence-corrected chi connectivity index (χ2v) is 11.6. The molecule has 7 aromatic carbocycles. The van der Waals surface area contributed by atoms with E-state index in [4.69, 9.17) is 4.42 Å². The molecule has 0 unspecified atom stereocenters. The summed E-state index contributed by atoms with van der Waals surface area (Å²) in [7, 11) is 0. The molecule has 0 spiro atoms. The number of fused-ring (bicyclic) bond motifs is 7. The maximum Gasteiger partial charge on any atom is 0.143 e. The SMILES string of the molecule is C1=CC=CC(c2c3ccccc3c(-c3ccc(-c4cc5c6ccccc6oc5c5ccccc45)cc3)c3ccccc23)C=C1. The number of para-hydroxylation sites is 1. The Hall–Kier alpha value is -5.66. The van der Waals surface area contributed by atoms with Crippen molar-refractivity contribution in [3.63, 3.8) is 0 Å². The Morgan fingerprint density at radius 1 is 0.409 bits per heavy atom. The van der Waals surface area contributed by atoms with Gasteiger partial charge in [-0.15, -0.1) is 0 Å². The van der Waals surface area contributed by atoms with E-state index in [0.717, 1.165) is 27.3 Å². The highest BCUT2D eigenvalue weighted by Crippen LogP contribution is 2.44. The Bertz CT molecular complexity index is 2410. The fourth-order valence-electron chi connectivity index (χ4n) is 7.19. The molecule has 44 heavy (non-hydrogen) atoms. The van der Waals surface area contributed by atoms with E-state index >= 15 is 0 Å². The van der Waals surface area contributed by atoms with Crippen molar-refractivity contribution in [2.75, 3.05) is 0 Å². The Morgan fingerprint density at radius 3 is 1.59 bits per heavy atom. The van der Waals surface area contributed by atoms with E-state index in [1.807, 2.05) is 6.07 Å². The lowest BCUT2D eigenvalue weighted by Gasteiger charge is -2.20. The summed E-state index contributed by atoms with van der Waals surface area (Å²) in [5.41, 5.74) is 8.16. The molecule has 9 rings (SSSR count). The molecule has 0 saturated carbocycles. The third kappa shape index (κ3) is 3.80. The number of furan rings is 1. The minimum atomic E-state index is 0.207. The van der Waals surface area contributed by atoms with Gasteiger partial charge in [0.2, 0.25) is 0 Å². The zero-order chi connectivity index (χ0) is 29.0. The zero-order valence-corrected chi connectivity index (χ0v) is 24.1. The third-order valence-corrected chi connectivity index (χ3v) is 9.15. The number of hydrogen-bond donors (Lipinski definition) is 0. The summed E-state index contributed by atoms with van der Waals surface area (Å²) in [5, 5.41) is 9.82. The zero-order valence-electron chi connectivity index (χ0n) is 24.1. The van der Waals surface area contributed by atoms with E-state index in [1.165, 1.54) is 54.7 Å². The molecule has 0 radical (unpaired) electrons. The molecule has 0 saturated heterocycles. The quantitative estimate of drug-likeness (QED) is 0.196. The molecule has 0 atom stereocenters. The Balaban J connectivity index is 1.26. The van der Waals surface area contributed by atoms with Crippen LogP contribution in [-0.4, -0.2) is 0 Å². The van der Waals surface area contributed by atoms with Crippen molar-refractivity contribution < 1.29 is 4.42 Å². The van der Waals surface area contributed by atoms with Gasteiger partial charge in [-0.2, -0.15) is 0 Å². The lowest BCUT2D eigenvalue weighted by atomic mass is 9.83. The monoisotopic (exact) mass is 560 g/mol. The summed E-state index contributed by atoms with van der Waals surface area (Å²) in [6.07, 6.45) is 13.1. The number of hydrogen-bond acceptors (Lipinski definition) is 1. The van der Waals surface area contributed by atoms with Gasteiger partial charge in [0.15, 0.2) is 0 Å². The Morgan fingerprint density at radius 2 is 0.932 bits per heavy atom. The van der Waals surface area contributed by atoms with Crippen molar-refractivity contribution in [1.29, 1.82) is 0 Å². The van der Waals surface area contributed by atoms with Crippen LogP contribution in [0.5, 0.6) is 0 Å². The van der Waals surface area contributed by atoms with Crippen LogP contribution >= 0.6 is 0 Å². The summed E-state index contributed by atoms with van der Waals surface area (Å²) >= 11 is 0. The van der Waals surface area contributed by atoms with Crippen molar-refractivity contribution in [1.82, 2.24) is 0 Å². The van der Waals surface area contributed by atoms with Crippen LogP contribution in [0.1, 0.15) is 11.5 Å². The molecule has 0 N–H and O–H groups in total. The maximum atomic E-state index is 6.36. The Labute approximate surface area is 255 Å². The molecule has 0 fully saturated rings. The highest BCUT2D eigenvalue weighted by Gasteiger charge is 2.19. The van der Waals surface area contributed by atoms with Crippen molar-refractivity contribution in [2.24, 2.45) is 0 Å². The van der Waals surface area contributed by atoms with Crippen LogP contribution in [0.3, 0.4) is 0 Å². The highest BCUT2D eigenvalue weighted by molar-refractivity contribution is 6.19. The molecule has 1 aliphatic carbocycles. The molecule has 0 bridgehead atoms. The minimum absolute atomic E-state index is 0.207. The molecule has 206 valence electrons. The van der Waals surface area contributed by atoms with Gasteiger partial charge >= 0.3 is 0 Å². The van der Waals surface area contributed by atoms with E-state index in [-0.39, 0.29) is 5.92 Å². The molecule has 8 aromatic rings. The van der Waals surface area contributed by atoms with Gasteiger partial charge in [0.1, 0.15) is 11.2 Å². The summed E-state index contributed by atoms with van der Waals surface area (Å²) in [5.74, 6) is 0.207. The lowest BCUT2D eigenvalue weighted by Crippen LogP contribution is -1.97. The summed E-state index contributed by atoms with van der Waals surface area (Å²) in [6.45, 7) is 0.